The van der Waals surface area contributed by atoms with Crippen LogP contribution in [0.2, 0.25) is 0 Å². The minimum Gasteiger partial charge on any atom is -0.489 e. The van der Waals surface area contributed by atoms with Crippen molar-refractivity contribution in [2.45, 2.75) is 25.6 Å². The van der Waals surface area contributed by atoms with Gasteiger partial charge in [-0.3, -0.25) is 14.9 Å². The Morgan fingerprint density at radius 3 is 2.93 bits per heavy atom. The molecule has 0 saturated carbocycles. The molecule has 0 spiro atoms. The number of benzene rings is 1. The Balaban J connectivity index is 1.35. The van der Waals surface area contributed by atoms with E-state index in [0.717, 1.165) is 49.6 Å². The number of aromatic nitrogens is 2. The molecule has 3 heterocycles. The van der Waals surface area contributed by atoms with Gasteiger partial charge in [-0.2, -0.15) is 0 Å². The van der Waals surface area contributed by atoms with Gasteiger partial charge in [0.15, 0.2) is 0 Å². The van der Waals surface area contributed by atoms with E-state index in [-0.39, 0.29) is 6.10 Å². The number of hydrogen-bond donors (Lipinski definition) is 0. The first kappa shape index (κ1) is 17.9. The van der Waals surface area contributed by atoms with Gasteiger partial charge in [-0.1, -0.05) is 12.1 Å². The van der Waals surface area contributed by atoms with Crippen molar-refractivity contribution in [2.24, 2.45) is 0 Å². The van der Waals surface area contributed by atoms with Gasteiger partial charge in [0.05, 0.1) is 11.2 Å². The maximum absolute atomic E-state index is 6.23. The Morgan fingerprint density at radius 2 is 2.04 bits per heavy atom. The van der Waals surface area contributed by atoms with Gasteiger partial charge >= 0.3 is 0 Å². The quantitative estimate of drug-likeness (QED) is 0.673. The van der Waals surface area contributed by atoms with E-state index in [1.54, 1.807) is 0 Å². The molecule has 27 heavy (non-hydrogen) atoms. The van der Waals surface area contributed by atoms with Crippen LogP contribution in [-0.4, -0.2) is 53.1 Å². The van der Waals surface area contributed by atoms with E-state index in [4.69, 9.17) is 4.74 Å². The standard InChI is InChI=1S/C22H26N4O/c1-25(2)15-19-13-20(7-10-23-19)27-21-8-11-26(16-21)14-17-5-6-22-18(12-17)4-3-9-24-22/h3-7,9-10,12-13,21H,8,11,14-16H2,1-2H3. The zero-order valence-corrected chi connectivity index (χ0v) is 16.0. The van der Waals surface area contributed by atoms with Gasteiger partial charge < -0.3 is 9.64 Å². The fraction of sp³-hybridized carbons (Fsp3) is 0.364. The van der Waals surface area contributed by atoms with Crippen LogP contribution >= 0.6 is 0 Å². The molecule has 1 unspecified atom stereocenters. The second kappa shape index (κ2) is 8.03. The van der Waals surface area contributed by atoms with Crippen LogP contribution in [0.1, 0.15) is 17.7 Å². The van der Waals surface area contributed by atoms with Crippen LogP contribution in [0.4, 0.5) is 0 Å². The van der Waals surface area contributed by atoms with Crippen molar-refractivity contribution in [3.8, 4) is 5.75 Å². The van der Waals surface area contributed by atoms with E-state index in [0.29, 0.717) is 0 Å². The van der Waals surface area contributed by atoms with Crippen molar-refractivity contribution in [2.75, 3.05) is 27.2 Å². The van der Waals surface area contributed by atoms with Gasteiger partial charge in [-0.05, 0) is 50.3 Å². The molecular weight excluding hydrogens is 336 g/mol. The number of pyridine rings is 2. The largest absolute Gasteiger partial charge is 0.489 e. The van der Waals surface area contributed by atoms with Crippen molar-refractivity contribution >= 4 is 10.9 Å². The molecule has 140 valence electrons. The molecule has 1 aromatic carbocycles. The molecule has 0 radical (unpaired) electrons. The fourth-order valence-electron chi connectivity index (χ4n) is 3.65. The number of hydrogen-bond acceptors (Lipinski definition) is 5. The smallest absolute Gasteiger partial charge is 0.123 e. The van der Waals surface area contributed by atoms with Gasteiger partial charge in [0.2, 0.25) is 0 Å². The summed E-state index contributed by atoms with van der Waals surface area (Å²) in [5, 5.41) is 1.20. The predicted octanol–water partition coefficient (Wildman–Crippen LogP) is 3.34. The minimum absolute atomic E-state index is 0.238. The maximum Gasteiger partial charge on any atom is 0.123 e. The molecule has 0 amide bonds. The van der Waals surface area contributed by atoms with Crippen molar-refractivity contribution in [1.82, 2.24) is 19.8 Å². The zero-order valence-electron chi connectivity index (χ0n) is 16.0. The Morgan fingerprint density at radius 1 is 1.11 bits per heavy atom. The number of fused-ring (bicyclic) bond motifs is 1. The lowest BCUT2D eigenvalue weighted by Gasteiger charge is -2.18. The van der Waals surface area contributed by atoms with Gasteiger partial charge in [-0.25, -0.2) is 0 Å². The number of nitrogens with zero attached hydrogens (tertiary/aromatic N) is 4. The lowest BCUT2D eigenvalue weighted by Crippen LogP contribution is -2.24. The van der Waals surface area contributed by atoms with Crippen LogP contribution in [0.15, 0.2) is 54.9 Å². The minimum atomic E-state index is 0.238. The van der Waals surface area contributed by atoms with Crippen LogP contribution in [-0.2, 0) is 13.1 Å². The van der Waals surface area contributed by atoms with Gasteiger partial charge in [0.1, 0.15) is 11.9 Å². The Labute approximate surface area is 160 Å². The van der Waals surface area contributed by atoms with Crippen molar-refractivity contribution in [3.05, 3.63) is 66.1 Å². The van der Waals surface area contributed by atoms with E-state index < -0.39 is 0 Å². The van der Waals surface area contributed by atoms with Crippen LogP contribution in [0.25, 0.3) is 10.9 Å². The van der Waals surface area contributed by atoms with Crippen LogP contribution < -0.4 is 4.74 Å². The molecule has 1 saturated heterocycles. The van der Waals surface area contributed by atoms with Gasteiger partial charge in [0, 0.05) is 50.0 Å². The lowest BCUT2D eigenvalue weighted by molar-refractivity contribution is 0.198. The topological polar surface area (TPSA) is 41.5 Å². The molecule has 3 aromatic rings. The summed E-state index contributed by atoms with van der Waals surface area (Å²) in [6, 6.07) is 14.7. The third kappa shape index (κ3) is 4.62. The predicted molar refractivity (Wildman–Crippen MR) is 108 cm³/mol. The van der Waals surface area contributed by atoms with Crippen LogP contribution in [0.3, 0.4) is 0 Å². The third-order valence-corrected chi connectivity index (χ3v) is 4.87. The lowest BCUT2D eigenvalue weighted by atomic mass is 10.1. The summed E-state index contributed by atoms with van der Waals surface area (Å²) in [6.45, 7) is 3.79. The first-order chi connectivity index (χ1) is 13.2. The second-order valence-corrected chi connectivity index (χ2v) is 7.51. The van der Waals surface area contributed by atoms with Crippen LogP contribution in [0.5, 0.6) is 5.75 Å². The van der Waals surface area contributed by atoms with E-state index in [2.05, 4.69) is 50.1 Å². The molecule has 4 rings (SSSR count). The molecule has 5 nitrogen and oxygen atoms in total. The van der Waals surface area contributed by atoms with E-state index in [9.17, 15) is 0 Å². The summed E-state index contributed by atoms with van der Waals surface area (Å²) in [5.74, 6) is 0.922. The molecule has 0 bridgehead atoms. The summed E-state index contributed by atoms with van der Waals surface area (Å²) in [7, 11) is 4.10. The summed E-state index contributed by atoms with van der Waals surface area (Å²) in [6.07, 6.45) is 4.97. The Kier molecular flexibility index (Phi) is 5.32. The molecule has 5 heteroatoms. The SMILES string of the molecule is CN(C)Cc1cc(OC2CCN(Cc3ccc4ncccc4c3)C2)ccn1. The van der Waals surface area contributed by atoms with E-state index in [1.165, 1.54) is 10.9 Å². The average molecular weight is 362 g/mol. The average Bonchev–Trinajstić information content (AvgIpc) is 3.08. The second-order valence-electron chi connectivity index (χ2n) is 7.51. The molecular formula is C22H26N4O. The molecule has 2 aromatic heterocycles. The monoisotopic (exact) mass is 362 g/mol. The first-order valence-corrected chi connectivity index (χ1v) is 9.48. The zero-order chi connectivity index (χ0) is 18.6. The highest BCUT2D eigenvalue weighted by Gasteiger charge is 2.24. The summed E-state index contributed by atoms with van der Waals surface area (Å²) < 4.78 is 6.23. The van der Waals surface area contributed by atoms with Crippen molar-refractivity contribution in [1.29, 1.82) is 0 Å². The van der Waals surface area contributed by atoms with Crippen LogP contribution in [0, 0.1) is 0 Å². The number of rotatable bonds is 6. The van der Waals surface area contributed by atoms with E-state index in [1.807, 2.05) is 38.6 Å². The fourth-order valence-corrected chi connectivity index (χ4v) is 3.65. The number of ether oxygens (including phenoxy) is 1. The van der Waals surface area contributed by atoms with Crippen molar-refractivity contribution < 1.29 is 4.74 Å². The summed E-state index contributed by atoms with van der Waals surface area (Å²) >= 11 is 0. The third-order valence-electron chi connectivity index (χ3n) is 4.87. The maximum atomic E-state index is 6.23. The Hall–Kier alpha value is -2.50. The molecule has 1 aliphatic rings. The normalized spacial score (nSPS) is 17.7. The number of likely N-dealkylation sites (tertiary alicyclic amines) is 1. The summed E-state index contributed by atoms with van der Waals surface area (Å²) in [4.78, 5) is 13.4. The highest BCUT2D eigenvalue weighted by molar-refractivity contribution is 5.78. The highest BCUT2D eigenvalue weighted by Crippen LogP contribution is 2.21. The van der Waals surface area contributed by atoms with E-state index >= 15 is 0 Å². The van der Waals surface area contributed by atoms with Crippen molar-refractivity contribution in [3.63, 3.8) is 0 Å². The molecule has 0 N–H and O–H groups in total. The molecule has 1 aliphatic heterocycles. The Bertz CT molecular complexity index is 911. The molecule has 0 aliphatic carbocycles. The highest BCUT2D eigenvalue weighted by atomic mass is 16.5. The van der Waals surface area contributed by atoms with Gasteiger partial charge in [-0.15, -0.1) is 0 Å². The summed E-state index contributed by atoms with van der Waals surface area (Å²) in [5.41, 5.74) is 3.42. The molecule has 1 fully saturated rings. The first-order valence-electron chi connectivity index (χ1n) is 9.48. The molecule has 1 atom stereocenters. The van der Waals surface area contributed by atoms with Gasteiger partial charge in [0.25, 0.3) is 0 Å².